The first kappa shape index (κ1) is 27.1. The summed E-state index contributed by atoms with van der Waals surface area (Å²) in [4.78, 5) is 18.2. The summed E-state index contributed by atoms with van der Waals surface area (Å²) < 4.78 is 14.8. The fourth-order valence-corrected chi connectivity index (χ4v) is 5.36. The van der Waals surface area contributed by atoms with Gasteiger partial charge in [0.2, 0.25) is 0 Å². The lowest BCUT2D eigenvalue weighted by molar-refractivity contribution is 0.283. The second kappa shape index (κ2) is 11.7. The highest BCUT2D eigenvalue weighted by atomic mass is 79.9. The Bertz CT molecular complexity index is 1760. The SMILES string of the molecule is CC[C@H](C)c1nc2ccc(Br)cc2c(=O)n1N=Cc1cc(Br)c(OCc2cccc3ccccc23)c(OC)c1. The van der Waals surface area contributed by atoms with E-state index in [0.29, 0.717) is 34.8 Å². The Kier molecular flexibility index (Phi) is 8.14. The summed E-state index contributed by atoms with van der Waals surface area (Å²) in [6, 6.07) is 23.7. The van der Waals surface area contributed by atoms with E-state index >= 15 is 0 Å². The van der Waals surface area contributed by atoms with Gasteiger partial charge in [0.05, 0.1) is 28.7 Å². The largest absolute Gasteiger partial charge is 0.493 e. The van der Waals surface area contributed by atoms with Crippen LogP contribution in [0.5, 0.6) is 11.5 Å². The minimum Gasteiger partial charge on any atom is -0.493 e. The van der Waals surface area contributed by atoms with E-state index in [9.17, 15) is 4.79 Å². The highest BCUT2D eigenvalue weighted by Gasteiger charge is 2.16. The summed E-state index contributed by atoms with van der Waals surface area (Å²) >= 11 is 7.09. The van der Waals surface area contributed by atoms with Crippen molar-refractivity contribution in [3.05, 3.63) is 109 Å². The maximum atomic E-state index is 13.4. The summed E-state index contributed by atoms with van der Waals surface area (Å²) in [6.45, 7) is 4.49. The van der Waals surface area contributed by atoms with Gasteiger partial charge < -0.3 is 9.47 Å². The van der Waals surface area contributed by atoms with Crippen molar-refractivity contribution in [1.29, 1.82) is 0 Å². The van der Waals surface area contributed by atoms with Crippen LogP contribution in [0, 0.1) is 0 Å². The van der Waals surface area contributed by atoms with Crippen LogP contribution in [0.15, 0.2) is 91.6 Å². The van der Waals surface area contributed by atoms with E-state index in [1.165, 1.54) is 10.1 Å². The topological polar surface area (TPSA) is 65.7 Å². The van der Waals surface area contributed by atoms with Gasteiger partial charge in [-0.2, -0.15) is 9.78 Å². The zero-order valence-corrected chi connectivity index (χ0v) is 25.0. The number of ether oxygens (including phenoxy) is 2. The molecule has 0 saturated heterocycles. The van der Waals surface area contributed by atoms with Crippen LogP contribution in [-0.4, -0.2) is 23.0 Å². The Labute approximate surface area is 243 Å². The zero-order valence-electron chi connectivity index (χ0n) is 21.8. The smallest absolute Gasteiger partial charge is 0.282 e. The van der Waals surface area contributed by atoms with E-state index in [4.69, 9.17) is 14.5 Å². The molecule has 1 atom stereocenters. The van der Waals surface area contributed by atoms with Gasteiger partial charge in [-0.1, -0.05) is 72.2 Å². The Balaban J connectivity index is 1.48. The molecule has 4 aromatic carbocycles. The maximum absolute atomic E-state index is 13.4. The fourth-order valence-electron chi connectivity index (χ4n) is 4.43. The number of nitrogens with zero attached hydrogens (tertiary/aromatic N) is 3. The third-order valence-corrected chi connectivity index (χ3v) is 7.79. The van der Waals surface area contributed by atoms with Crippen molar-refractivity contribution in [3.63, 3.8) is 0 Å². The van der Waals surface area contributed by atoms with Crippen molar-refractivity contribution >= 4 is 59.7 Å². The molecule has 8 heteroatoms. The predicted molar refractivity (Wildman–Crippen MR) is 164 cm³/mol. The van der Waals surface area contributed by atoms with Crippen LogP contribution < -0.4 is 15.0 Å². The maximum Gasteiger partial charge on any atom is 0.282 e. The molecule has 1 heterocycles. The van der Waals surface area contributed by atoms with E-state index in [1.807, 2.05) is 49.4 Å². The number of rotatable bonds is 8. The van der Waals surface area contributed by atoms with Crippen LogP contribution in [0.25, 0.3) is 21.7 Å². The molecule has 1 aromatic heterocycles. The molecule has 0 unspecified atom stereocenters. The van der Waals surface area contributed by atoms with E-state index in [1.54, 1.807) is 19.4 Å². The molecule has 198 valence electrons. The van der Waals surface area contributed by atoms with Crippen LogP contribution in [0.4, 0.5) is 0 Å². The normalized spacial score (nSPS) is 12.3. The average Bonchev–Trinajstić information content (AvgIpc) is 2.95. The highest BCUT2D eigenvalue weighted by Crippen LogP contribution is 2.37. The van der Waals surface area contributed by atoms with Gasteiger partial charge >= 0.3 is 0 Å². The van der Waals surface area contributed by atoms with Gasteiger partial charge in [-0.15, -0.1) is 0 Å². The second-order valence-corrected chi connectivity index (χ2v) is 11.0. The van der Waals surface area contributed by atoms with Gasteiger partial charge in [-0.25, -0.2) is 4.98 Å². The first-order valence-corrected chi connectivity index (χ1v) is 14.2. The lowest BCUT2D eigenvalue weighted by Gasteiger charge is -2.15. The predicted octanol–water partition coefficient (Wildman–Crippen LogP) is 8.06. The van der Waals surface area contributed by atoms with Crippen LogP contribution in [0.1, 0.15) is 43.1 Å². The Morgan fingerprint density at radius 3 is 2.62 bits per heavy atom. The Morgan fingerprint density at radius 2 is 1.82 bits per heavy atom. The molecule has 39 heavy (non-hydrogen) atoms. The molecule has 0 N–H and O–H groups in total. The van der Waals surface area contributed by atoms with Gasteiger partial charge in [0.15, 0.2) is 11.5 Å². The van der Waals surface area contributed by atoms with Crippen LogP contribution >= 0.6 is 31.9 Å². The Hall–Kier alpha value is -3.49. The van der Waals surface area contributed by atoms with Gasteiger partial charge in [0.25, 0.3) is 5.56 Å². The van der Waals surface area contributed by atoms with E-state index in [-0.39, 0.29) is 11.5 Å². The molecule has 0 aliphatic heterocycles. The van der Waals surface area contributed by atoms with Crippen molar-refractivity contribution in [3.8, 4) is 11.5 Å². The highest BCUT2D eigenvalue weighted by molar-refractivity contribution is 9.10. The molecule has 0 saturated carbocycles. The summed E-state index contributed by atoms with van der Waals surface area (Å²) in [6.07, 6.45) is 2.46. The minimum atomic E-state index is -0.214. The average molecular weight is 649 g/mol. The molecule has 0 fully saturated rings. The summed E-state index contributed by atoms with van der Waals surface area (Å²) in [5, 5.41) is 7.40. The van der Waals surface area contributed by atoms with Gasteiger partial charge in [0.1, 0.15) is 12.4 Å². The van der Waals surface area contributed by atoms with Crippen LogP contribution in [0.3, 0.4) is 0 Å². The minimum absolute atomic E-state index is 0.0500. The number of halogens is 2. The number of aromatic nitrogens is 2. The van der Waals surface area contributed by atoms with Gasteiger partial charge in [0, 0.05) is 10.4 Å². The van der Waals surface area contributed by atoms with Gasteiger partial charge in [-0.3, -0.25) is 4.79 Å². The molecule has 0 spiro atoms. The van der Waals surface area contributed by atoms with Gasteiger partial charge in [-0.05, 0) is 74.6 Å². The molecule has 5 aromatic rings. The van der Waals surface area contributed by atoms with Crippen molar-refractivity contribution in [1.82, 2.24) is 9.66 Å². The van der Waals surface area contributed by atoms with E-state index in [0.717, 1.165) is 31.9 Å². The first-order valence-electron chi connectivity index (χ1n) is 12.6. The van der Waals surface area contributed by atoms with E-state index < -0.39 is 0 Å². The molecule has 0 radical (unpaired) electrons. The van der Waals surface area contributed by atoms with Crippen molar-refractivity contribution in [2.24, 2.45) is 5.10 Å². The van der Waals surface area contributed by atoms with Crippen molar-refractivity contribution < 1.29 is 9.47 Å². The third kappa shape index (κ3) is 5.63. The number of fused-ring (bicyclic) bond motifs is 2. The molecule has 0 amide bonds. The van der Waals surface area contributed by atoms with E-state index in [2.05, 4.69) is 68.2 Å². The monoisotopic (exact) mass is 647 g/mol. The number of hydrogen-bond acceptors (Lipinski definition) is 5. The Morgan fingerprint density at radius 1 is 1.03 bits per heavy atom. The second-order valence-electron chi connectivity index (χ2n) is 9.26. The molecule has 0 aliphatic rings. The molecule has 5 rings (SSSR count). The third-order valence-electron chi connectivity index (χ3n) is 6.71. The summed E-state index contributed by atoms with van der Waals surface area (Å²) in [5.74, 6) is 1.82. The first-order chi connectivity index (χ1) is 18.9. The molecule has 6 nitrogen and oxygen atoms in total. The lowest BCUT2D eigenvalue weighted by atomic mass is 10.1. The summed E-state index contributed by atoms with van der Waals surface area (Å²) in [7, 11) is 1.60. The number of hydrogen-bond donors (Lipinski definition) is 0. The van der Waals surface area contributed by atoms with Crippen LogP contribution in [-0.2, 0) is 6.61 Å². The zero-order chi connectivity index (χ0) is 27.5. The number of methoxy groups -OCH3 is 1. The quantitative estimate of drug-likeness (QED) is 0.160. The van der Waals surface area contributed by atoms with Crippen molar-refractivity contribution in [2.45, 2.75) is 32.8 Å². The molecule has 0 bridgehead atoms. The fraction of sp³-hybridized carbons (Fsp3) is 0.194. The molecular formula is C31H27Br2N3O3. The standard InChI is InChI=1S/C31H27Br2N3O3/c1-4-19(2)30-35-27-13-12-23(32)16-25(27)31(37)36(30)34-17-20-14-26(33)29(28(15-20)38-3)39-18-22-10-7-9-21-8-5-6-11-24(21)22/h5-17,19H,4,18H2,1-3H3/t19-/m0/s1. The number of benzene rings is 4. The molecule has 0 aliphatic carbocycles. The lowest BCUT2D eigenvalue weighted by Crippen LogP contribution is -2.23. The van der Waals surface area contributed by atoms with Crippen LogP contribution in [0.2, 0.25) is 0 Å². The van der Waals surface area contributed by atoms with Crippen molar-refractivity contribution in [2.75, 3.05) is 7.11 Å². The summed E-state index contributed by atoms with van der Waals surface area (Å²) in [5.41, 5.74) is 2.27. The molecular weight excluding hydrogens is 622 g/mol.